The molecule has 1 aromatic carbocycles. The number of halogens is 3. The zero-order valence-corrected chi connectivity index (χ0v) is 10.8. The monoisotopic (exact) mass is 292 g/mol. The van der Waals surface area contributed by atoms with Gasteiger partial charge in [0.15, 0.2) is 0 Å². The second-order valence-electron chi connectivity index (χ2n) is 4.18. The van der Waals surface area contributed by atoms with E-state index >= 15 is 0 Å². The summed E-state index contributed by atoms with van der Waals surface area (Å²) in [6, 6.07) is 10.9. The molecule has 0 amide bonds. The van der Waals surface area contributed by atoms with Gasteiger partial charge in [0.2, 0.25) is 0 Å². The second-order valence-corrected chi connectivity index (χ2v) is 4.18. The number of hydrogen-bond acceptors (Lipinski definition) is 4. The van der Waals surface area contributed by atoms with Crippen LogP contribution >= 0.6 is 0 Å². The molecule has 2 rings (SSSR count). The van der Waals surface area contributed by atoms with Gasteiger partial charge in [-0.2, -0.15) is 18.4 Å². The summed E-state index contributed by atoms with van der Waals surface area (Å²) in [6.45, 7) is 0.150. The van der Waals surface area contributed by atoms with Gasteiger partial charge in [0.05, 0.1) is 5.69 Å². The molecule has 0 atom stereocenters. The first-order valence-electron chi connectivity index (χ1n) is 5.99. The highest BCUT2D eigenvalue weighted by atomic mass is 19.4. The van der Waals surface area contributed by atoms with Crippen LogP contribution in [0.2, 0.25) is 0 Å². The molecular formula is C14H11F3N4. The molecule has 4 nitrogen and oxygen atoms in total. The topological polar surface area (TPSA) is 74.7 Å². The van der Waals surface area contributed by atoms with Crippen LogP contribution in [0.1, 0.15) is 11.4 Å². The quantitative estimate of drug-likeness (QED) is 0.853. The molecule has 0 unspecified atom stereocenters. The molecule has 2 aromatic rings. The lowest BCUT2D eigenvalue weighted by molar-refractivity contribution is -0.0998. The number of rotatable bonds is 3. The molecule has 108 valence electrons. The molecule has 0 aliphatic rings. The van der Waals surface area contributed by atoms with Crippen LogP contribution in [0.5, 0.6) is 0 Å². The number of hydrogen-bond donors (Lipinski definition) is 2. The Morgan fingerprint density at radius 2 is 1.86 bits per heavy atom. The molecule has 0 spiro atoms. The summed E-state index contributed by atoms with van der Waals surface area (Å²) in [5, 5.41) is 10.6. The number of alkyl halides is 3. The molecule has 21 heavy (non-hydrogen) atoms. The lowest BCUT2D eigenvalue weighted by Gasteiger charge is -2.15. The summed E-state index contributed by atoms with van der Waals surface area (Å²) < 4.78 is 37.6. The lowest BCUT2D eigenvalue weighted by Crippen LogP contribution is -2.21. The Morgan fingerprint density at radius 3 is 2.48 bits per heavy atom. The Labute approximate surface area is 119 Å². The molecule has 0 aliphatic carbocycles. The molecule has 0 saturated heterocycles. The number of nitrogens with two attached hydrogens (primary N) is 1. The Balaban J connectivity index is 2.55. The summed E-state index contributed by atoms with van der Waals surface area (Å²) in [6.07, 6.45) is -4.56. The van der Waals surface area contributed by atoms with Crippen LogP contribution in [0.25, 0.3) is 11.1 Å². The normalized spacial score (nSPS) is 11.0. The number of nitriles is 1. The van der Waals surface area contributed by atoms with Crippen LogP contribution in [0.4, 0.5) is 18.9 Å². The van der Waals surface area contributed by atoms with Gasteiger partial charge < -0.3 is 5.73 Å². The Hall–Kier alpha value is -2.59. The maximum atomic E-state index is 12.5. The van der Waals surface area contributed by atoms with Crippen LogP contribution in [0.15, 0.2) is 36.4 Å². The van der Waals surface area contributed by atoms with Crippen molar-refractivity contribution in [1.82, 2.24) is 4.98 Å². The summed E-state index contributed by atoms with van der Waals surface area (Å²) in [7, 11) is 0. The Kier molecular flexibility index (Phi) is 4.10. The molecule has 0 fully saturated rings. The number of para-hydroxylation sites is 1. The minimum Gasteiger partial charge on any atom is -0.325 e. The predicted octanol–water partition coefficient (Wildman–Crippen LogP) is 3.01. The fraction of sp³-hybridized carbons (Fsp3) is 0.143. The van der Waals surface area contributed by atoms with Crippen LogP contribution in [-0.4, -0.2) is 11.3 Å². The van der Waals surface area contributed by atoms with Gasteiger partial charge in [0, 0.05) is 23.4 Å². The van der Waals surface area contributed by atoms with Gasteiger partial charge >= 0.3 is 6.30 Å². The minimum absolute atomic E-state index is 0.0365. The van der Waals surface area contributed by atoms with Crippen molar-refractivity contribution >= 4 is 5.69 Å². The number of nitrogens with zero attached hydrogens (tertiary/aromatic N) is 2. The van der Waals surface area contributed by atoms with E-state index in [-0.39, 0.29) is 23.5 Å². The van der Waals surface area contributed by atoms with Gasteiger partial charge in [-0.25, -0.2) is 4.98 Å². The van der Waals surface area contributed by atoms with E-state index in [1.54, 1.807) is 18.2 Å². The number of aromatic nitrogens is 1. The molecule has 0 saturated carbocycles. The summed E-state index contributed by atoms with van der Waals surface area (Å²) >= 11 is 0. The molecule has 1 heterocycles. The molecule has 7 heteroatoms. The Bertz CT molecular complexity index is 689. The fourth-order valence-electron chi connectivity index (χ4n) is 1.90. The van der Waals surface area contributed by atoms with E-state index in [0.29, 0.717) is 11.3 Å². The number of benzene rings is 1. The van der Waals surface area contributed by atoms with Crippen molar-refractivity contribution in [1.29, 1.82) is 5.26 Å². The predicted molar refractivity (Wildman–Crippen MR) is 72.0 cm³/mol. The third-order valence-corrected chi connectivity index (χ3v) is 2.76. The largest absolute Gasteiger partial charge is 0.482 e. The van der Waals surface area contributed by atoms with E-state index < -0.39 is 6.30 Å². The summed E-state index contributed by atoms with van der Waals surface area (Å²) in [5.41, 5.74) is 6.41. The lowest BCUT2D eigenvalue weighted by atomic mass is 10.0. The van der Waals surface area contributed by atoms with Gasteiger partial charge in [-0.3, -0.25) is 5.32 Å². The van der Waals surface area contributed by atoms with Crippen molar-refractivity contribution in [3.05, 3.63) is 47.8 Å². The van der Waals surface area contributed by atoms with Gasteiger partial charge in [-0.1, -0.05) is 18.2 Å². The van der Waals surface area contributed by atoms with Crippen LogP contribution < -0.4 is 11.1 Å². The average Bonchev–Trinajstić information content (AvgIpc) is 2.45. The average molecular weight is 292 g/mol. The van der Waals surface area contributed by atoms with Crippen molar-refractivity contribution < 1.29 is 13.2 Å². The first-order valence-corrected chi connectivity index (χ1v) is 5.99. The molecule has 0 bridgehead atoms. The van der Waals surface area contributed by atoms with Crippen molar-refractivity contribution in [2.45, 2.75) is 12.8 Å². The third-order valence-electron chi connectivity index (χ3n) is 2.76. The zero-order valence-electron chi connectivity index (χ0n) is 10.8. The number of anilines is 1. The molecule has 0 aliphatic heterocycles. The van der Waals surface area contributed by atoms with E-state index in [1.807, 2.05) is 6.07 Å². The molecule has 3 N–H and O–H groups in total. The maximum absolute atomic E-state index is 12.5. The SMILES string of the molecule is N#Cc1nc(CN)ccc1-c1ccccc1NC(F)(F)F. The van der Waals surface area contributed by atoms with Crippen LogP contribution in [-0.2, 0) is 6.54 Å². The van der Waals surface area contributed by atoms with Crippen molar-refractivity contribution in [2.24, 2.45) is 5.73 Å². The van der Waals surface area contributed by atoms with Crippen molar-refractivity contribution in [3.63, 3.8) is 0 Å². The molecule has 1 aromatic heterocycles. The van der Waals surface area contributed by atoms with Crippen molar-refractivity contribution in [2.75, 3.05) is 5.32 Å². The first kappa shape index (κ1) is 14.8. The van der Waals surface area contributed by atoms with Gasteiger partial charge in [0.25, 0.3) is 0 Å². The highest BCUT2D eigenvalue weighted by Gasteiger charge is 2.28. The van der Waals surface area contributed by atoms with E-state index in [4.69, 9.17) is 11.0 Å². The standard InChI is InChI=1S/C14H11F3N4/c15-14(16,17)21-12-4-2-1-3-10(12)11-6-5-9(7-18)20-13(11)8-19/h1-6,21H,7,18H2. The smallest absolute Gasteiger partial charge is 0.325 e. The summed E-state index contributed by atoms with van der Waals surface area (Å²) in [4.78, 5) is 4.03. The first-order chi connectivity index (χ1) is 9.94. The van der Waals surface area contributed by atoms with E-state index in [1.165, 1.54) is 23.5 Å². The van der Waals surface area contributed by atoms with Gasteiger partial charge in [0.1, 0.15) is 11.8 Å². The van der Waals surface area contributed by atoms with E-state index in [2.05, 4.69) is 4.98 Å². The van der Waals surface area contributed by atoms with E-state index in [9.17, 15) is 13.2 Å². The van der Waals surface area contributed by atoms with Crippen molar-refractivity contribution in [3.8, 4) is 17.2 Å². The van der Waals surface area contributed by atoms with Gasteiger partial charge in [-0.05, 0) is 18.2 Å². The van der Waals surface area contributed by atoms with Gasteiger partial charge in [-0.15, -0.1) is 0 Å². The van der Waals surface area contributed by atoms with E-state index in [0.717, 1.165) is 0 Å². The maximum Gasteiger partial charge on any atom is 0.482 e. The minimum atomic E-state index is -4.56. The fourth-order valence-corrected chi connectivity index (χ4v) is 1.90. The van der Waals surface area contributed by atoms with Crippen LogP contribution in [0.3, 0.4) is 0 Å². The molecular weight excluding hydrogens is 281 g/mol. The zero-order chi connectivity index (χ0) is 15.5. The molecule has 0 radical (unpaired) electrons. The number of pyridine rings is 1. The van der Waals surface area contributed by atoms with Crippen LogP contribution in [0, 0.1) is 11.3 Å². The highest BCUT2D eigenvalue weighted by molar-refractivity contribution is 5.80. The third kappa shape index (κ3) is 3.49. The highest BCUT2D eigenvalue weighted by Crippen LogP contribution is 2.32. The second kappa shape index (κ2) is 5.81. The number of nitrogens with one attached hydrogen (secondary N) is 1. The summed E-state index contributed by atoms with van der Waals surface area (Å²) in [5.74, 6) is 0. The Morgan fingerprint density at radius 1 is 1.14 bits per heavy atom.